The summed E-state index contributed by atoms with van der Waals surface area (Å²) in [5.74, 6) is 0.977. The van der Waals surface area contributed by atoms with Crippen LogP contribution in [0, 0.1) is 0 Å². The predicted molar refractivity (Wildman–Crippen MR) is 66.9 cm³/mol. The van der Waals surface area contributed by atoms with Crippen LogP contribution >= 0.6 is 23.4 Å². The topological polar surface area (TPSA) is 26.0 Å². The van der Waals surface area contributed by atoms with Crippen molar-refractivity contribution in [3.63, 3.8) is 0 Å². The lowest BCUT2D eigenvalue weighted by atomic mass is 10.2. The Morgan fingerprint density at radius 2 is 2.00 bits per heavy atom. The molecule has 0 saturated heterocycles. The van der Waals surface area contributed by atoms with Gasteiger partial charge in [0.25, 0.3) is 0 Å². The van der Waals surface area contributed by atoms with Crippen molar-refractivity contribution in [2.75, 3.05) is 5.73 Å². The second kappa shape index (κ2) is 4.45. The van der Waals surface area contributed by atoms with E-state index in [-0.39, 0.29) is 4.75 Å². The minimum atomic E-state index is 0.286. The predicted octanol–water partition coefficient (Wildman–Crippen LogP) is 3.95. The van der Waals surface area contributed by atoms with Gasteiger partial charge in [-0.25, -0.2) is 0 Å². The summed E-state index contributed by atoms with van der Waals surface area (Å²) in [5, 5.41) is 0.634. The van der Waals surface area contributed by atoms with Gasteiger partial charge in [-0.1, -0.05) is 38.4 Å². The molecule has 0 spiro atoms. The Labute approximate surface area is 95.0 Å². The highest BCUT2D eigenvalue weighted by atomic mass is 35.5. The average Bonchev–Trinajstić information content (AvgIpc) is 2.06. The molecule has 1 aromatic rings. The van der Waals surface area contributed by atoms with Crippen LogP contribution in [0.3, 0.4) is 0 Å². The molecular weight excluding hydrogens is 214 g/mol. The smallest absolute Gasteiger partial charge is 0.0635 e. The second-order valence-corrected chi connectivity index (χ2v) is 6.47. The second-order valence-electron chi connectivity index (χ2n) is 4.26. The molecule has 0 heterocycles. The molecule has 0 unspecified atom stereocenters. The number of hydrogen-bond acceptors (Lipinski definition) is 2. The Morgan fingerprint density at radius 3 is 2.50 bits per heavy atom. The summed E-state index contributed by atoms with van der Waals surface area (Å²) < 4.78 is 0.286. The number of anilines is 1. The highest BCUT2D eigenvalue weighted by Crippen LogP contribution is 2.29. The van der Waals surface area contributed by atoms with Gasteiger partial charge >= 0.3 is 0 Å². The van der Waals surface area contributed by atoms with Gasteiger partial charge in [0.1, 0.15) is 0 Å². The highest BCUT2D eigenvalue weighted by Gasteiger charge is 2.10. The van der Waals surface area contributed by atoms with Crippen LogP contribution in [0.25, 0.3) is 0 Å². The molecule has 0 saturated carbocycles. The first kappa shape index (κ1) is 11.7. The van der Waals surface area contributed by atoms with Crippen LogP contribution in [0.5, 0.6) is 0 Å². The van der Waals surface area contributed by atoms with E-state index in [1.165, 1.54) is 5.56 Å². The van der Waals surface area contributed by atoms with Crippen molar-refractivity contribution in [3.8, 4) is 0 Å². The van der Waals surface area contributed by atoms with E-state index < -0.39 is 0 Å². The summed E-state index contributed by atoms with van der Waals surface area (Å²) in [4.78, 5) is 0. The van der Waals surface area contributed by atoms with Crippen molar-refractivity contribution in [2.45, 2.75) is 31.3 Å². The van der Waals surface area contributed by atoms with E-state index in [0.717, 1.165) is 5.75 Å². The summed E-state index contributed by atoms with van der Waals surface area (Å²) in [6.45, 7) is 6.62. The van der Waals surface area contributed by atoms with Gasteiger partial charge in [-0.15, -0.1) is 0 Å². The van der Waals surface area contributed by atoms with Crippen molar-refractivity contribution < 1.29 is 0 Å². The molecule has 0 radical (unpaired) electrons. The van der Waals surface area contributed by atoms with Crippen LogP contribution in [0.1, 0.15) is 26.3 Å². The zero-order chi connectivity index (χ0) is 10.8. The molecule has 0 aromatic heterocycles. The maximum Gasteiger partial charge on any atom is 0.0635 e. The molecule has 78 valence electrons. The Morgan fingerprint density at radius 1 is 1.36 bits per heavy atom. The Kier molecular flexibility index (Phi) is 3.73. The first-order valence-electron chi connectivity index (χ1n) is 4.56. The zero-order valence-electron chi connectivity index (χ0n) is 8.80. The molecule has 2 N–H and O–H groups in total. The first-order valence-corrected chi connectivity index (χ1v) is 5.93. The molecule has 0 aliphatic heterocycles. The van der Waals surface area contributed by atoms with Gasteiger partial charge in [-0.2, -0.15) is 11.8 Å². The molecule has 1 nitrogen and oxygen atoms in total. The van der Waals surface area contributed by atoms with Gasteiger partial charge in [0.15, 0.2) is 0 Å². The highest BCUT2D eigenvalue weighted by molar-refractivity contribution is 7.99. The molecule has 0 aliphatic rings. The molecule has 0 bridgehead atoms. The number of benzene rings is 1. The van der Waals surface area contributed by atoms with Crippen LogP contribution in [0.15, 0.2) is 18.2 Å². The van der Waals surface area contributed by atoms with E-state index >= 15 is 0 Å². The van der Waals surface area contributed by atoms with Crippen molar-refractivity contribution in [1.29, 1.82) is 0 Å². The van der Waals surface area contributed by atoms with Crippen molar-refractivity contribution >= 4 is 29.1 Å². The molecule has 0 amide bonds. The van der Waals surface area contributed by atoms with Gasteiger partial charge < -0.3 is 5.73 Å². The van der Waals surface area contributed by atoms with E-state index in [4.69, 9.17) is 17.3 Å². The quantitative estimate of drug-likeness (QED) is 0.778. The third kappa shape index (κ3) is 3.81. The SMILES string of the molecule is CC(C)(C)SCc1ccc(Cl)c(N)c1. The summed E-state index contributed by atoms with van der Waals surface area (Å²) in [6.07, 6.45) is 0. The molecule has 3 heteroatoms. The maximum atomic E-state index is 5.84. The fourth-order valence-corrected chi connectivity index (χ4v) is 1.88. The average molecular weight is 230 g/mol. The largest absolute Gasteiger partial charge is 0.398 e. The summed E-state index contributed by atoms with van der Waals surface area (Å²) in [6, 6.07) is 5.83. The summed E-state index contributed by atoms with van der Waals surface area (Å²) in [5.41, 5.74) is 7.61. The third-order valence-electron chi connectivity index (χ3n) is 1.73. The fraction of sp³-hybridized carbons (Fsp3) is 0.455. The van der Waals surface area contributed by atoms with Crippen LogP contribution in [-0.2, 0) is 5.75 Å². The number of halogens is 1. The van der Waals surface area contributed by atoms with Gasteiger partial charge in [0.05, 0.1) is 10.7 Å². The lowest BCUT2D eigenvalue weighted by Crippen LogP contribution is -2.07. The van der Waals surface area contributed by atoms with Crippen molar-refractivity contribution in [1.82, 2.24) is 0 Å². The van der Waals surface area contributed by atoms with E-state index in [0.29, 0.717) is 10.7 Å². The van der Waals surface area contributed by atoms with Crippen LogP contribution in [-0.4, -0.2) is 4.75 Å². The van der Waals surface area contributed by atoms with E-state index in [2.05, 4.69) is 20.8 Å². The molecule has 1 aromatic carbocycles. The third-order valence-corrected chi connectivity index (χ3v) is 3.42. The summed E-state index contributed by atoms with van der Waals surface area (Å²) in [7, 11) is 0. The van der Waals surface area contributed by atoms with Gasteiger partial charge in [-0.3, -0.25) is 0 Å². The molecule has 0 atom stereocenters. The van der Waals surface area contributed by atoms with E-state index in [1.807, 2.05) is 30.0 Å². The Bertz CT molecular complexity index is 318. The van der Waals surface area contributed by atoms with Gasteiger partial charge in [0, 0.05) is 10.5 Å². The van der Waals surface area contributed by atoms with E-state index in [9.17, 15) is 0 Å². The molecule has 0 fully saturated rings. The van der Waals surface area contributed by atoms with Gasteiger partial charge in [-0.05, 0) is 17.7 Å². The van der Waals surface area contributed by atoms with Crippen molar-refractivity contribution in [2.24, 2.45) is 0 Å². The maximum absolute atomic E-state index is 5.84. The number of nitrogens with two attached hydrogens (primary N) is 1. The number of rotatable bonds is 2. The molecule has 14 heavy (non-hydrogen) atoms. The zero-order valence-corrected chi connectivity index (χ0v) is 10.4. The Hall–Kier alpha value is -0.340. The first-order chi connectivity index (χ1) is 6.38. The number of thioether (sulfide) groups is 1. The lowest BCUT2D eigenvalue weighted by molar-refractivity contribution is 0.802. The fourth-order valence-electron chi connectivity index (χ4n) is 0.983. The van der Waals surface area contributed by atoms with Crippen molar-refractivity contribution in [3.05, 3.63) is 28.8 Å². The van der Waals surface area contributed by atoms with Crippen LogP contribution in [0.2, 0.25) is 5.02 Å². The summed E-state index contributed by atoms with van der Waals surface area (Å²) >= 11 is 7.74. The Balaban J connectivity index is 2.65. The minimum Gasteiger partial charge on any atom is -0.398 e. The molecule has 1 rings (SSSR count). The van der Waals surface area contributed by atoms with Crippen LogP contribution in [0.4, 0.5) is 5.69 Å². The van der Waals surface area contributed by atoms with Gasteiger partial charge in [0.2, 0.25) is 0 Å². The van der Waals surface area contributed by atoms with Crippen LogP contribution < -0.4 is 5.73 Å². The molecule has 0 aliphatic carbocycles. The monoisotopic (exact) mass is 229 g/mol. The lowest BCUT2D eigenvalue weighted by Gasteiger charge is -2.17. The number of hydrogen-bond donors (Lipinski definition) is 1. The normalized spacial score (nSPS) is 11.7. The van der Waals surface area contributed by atoms with E-state index in [1.54, 1.807) is 0 Å². The minimum absolute atomic E-state index is 0.286. The number of nitrogen functional groups attached to an aromatic ring is 1. The molecular formula is C11H16ClNS. The standard InChI is InChI=1S/C11H16ClNS/c1-11(2,3)14-7-8-4-5-9(12)10(13)6-8/h4-6H,7,13H2,1-3H3.